The van der Waals surface area contributed by atoms with Gasteiger partial charge < -0.3 is 4.55 Å². The normalized spacial score (nSPS) is 14.6. The Labute approximate surface area is 254 Å². The van der Waals surface area contributed by atoms with Gasteiger partial charge in [-0.1, -0.05) is 102 Å². The monoisotopic (exact) mass is 644 g/mol. The summed E-state index contributed by atoms with van der Waals surface area (Å²) in [6.07, 6.45) is 7.29. The summed E-state index contributed by atoms with van der Waals surface area (Å²) in [6, 6.07) is 41.2. The van der Waals surface area contributed by atoms with Crippen LogP contribution in [0.4, 0.5) is 13.2 Å². The molecule has 0 unspecified atom stereocenters. The lowest BCUT2D eigenvalue weighted by Gasteiger charge is -2.14. The zero-order chi connectivity index (χ0) is 30.2. The first-order valence-electron chi connectivity index (χ1n) is 12.6. The molecule has 0 heterocycles. The van der Waals surface area contributed by atoms with Crippen LogP contribution >= 0.6 is 31.3 Å². The van der Waals surface area contributed by atoms with Crippen LogP contribution in [0.15, 0.2) is 148 Å². The number of alkyl halides is 3. The zero-order valence-electron chi connectivity index (χ0n) is 22.0. The van der Waals surface area contributed by atoms with Crippen molar-refractivity contribution in [3.63, 3.8) is 0 Å². The Hall–Kier alpha value is -3.13. The van der Waals surface area contributed by atoms with Crippen molar-refractivity contribution in [3.8, 4) is 0 Å². The fourth-order valence-corrected chi connectivity index (χ4v) is 7.81. The lowest BCUT2D eigenvalue weighted by Crippen LogP contribution is -2.21. The Kier molecular flexibility index (Phi) is 10.9. The van der Waals surface area contributed by atoms with Gasteiger partial charge in [0.15, 0.2) is 10.1 Å². The SMILES string of the molecule is ClC1=C(Sc2ccc([PH+](c3ccccc3)c3ccccc3)cc2)C=CC(=Cc2ccccc2)C1.O=S(=O)([O-])C(F)(F)F. The van der Waals surface area contributed by atoms with Crippen molar-refractivity contribution in [2.75, 3.05) is 0 Å². The van der Waals surface area contributed by atoms with E-state index >= 15 is 0 Å². The van der Waals surface area contributed by atoms with E-state index in [0.29, 0.717) is 0 Å². The number of rotatable bonds is 6. The molecule has 5 rings (SSSR count). The van der Waals surface area contributed by atoms with Crippen LogP contribution in [0.3, 0.4) is 0 Å². The quantitative estimate of drug-likeness (QED) is 0.122. The third kappa shape index (κ3) is 8.93. The molecule has 0 radical (unpaired) electrons. The maximum atomic E-state index is 10.7. The highest BCUT2D eigenvalue weighted by Crippen LogP contribution is 2.39. The Balaban J connectivity index is 0.000000446. The van der Waals surface area contributed by atoms with Gasteiger partial charge in [0.2, 0.25) is 0 Å². The Morgan fingerprint density at radius 1 is 0.738 bits per heavy atom. The van der Waals surface area contributed by atoms with E-state index in [-0.39, 0.29) is 0 Å². The summed E-state index contributed by atoms with van der Waals surface area (Å²) in [6.45, 7) is 0. The minimum absolute atomic E-state index is 0.766. The van der Waals surface area contributed by atoms with E-state index in [1.54, 1.807) is 11.8 Å². The molecule has 0 atom stereocenters. The van der Waals surface area contributed by atoms with Crippen molar-refractivity contribution in [2.24, 2.45) is 0 Å². The van der Waals surface area contributed by atoms with Gasteiger partial charge in [-0.2, -0.15) is 13.2 Å². The molecule has 1 aliphatic rings. The predicted molar refractivity (Wildman–Crippen MR) is 169 cm³/mol. The number of benzene rings is 4. The third-order valence-corrected chi connectivity index (χ3v) is 10.9. The summed E-state index contributed by atoms with van der Waals surface area (Å²) in [5.41, 5.74) is -3.21. The van der Waals surface area contributed by atoms with Crippen molar-refractivity contribution in [1.82, 2.24) is 0 Å². The average molecular weight is 645 g/mol. The summed E-state index contributed by atoms with van der Waals surface area (Å²) in [5, 5.41) is 5.09. The minimum atomic E-state index is -6.09. The molecular formula is C32H25ClF3O3PS2. The molecule has 216 valence electrons. The van der Waals surface area contributed by atoms with Crippen molar-refractivity contribution in [2.45, 2.75) is 16.8 Å². The van der Waals surface area contributed by atoms with Crippen molar-refractivity contribution < 1.29 is 26.1 Å². The minimum Gasteiger partial charge on any atom is -0.741 e. The molecule has 42 heavy (non-hydrogen) atoms. The van der Waals surface area contributed by atoms with Gasteiger partial charge in [-0.15, -0.1) is 0 Å². The summed E-state index contributed by atoms with van der Waals surface area (Å²) in [5.74, 6) is 0. The van der Waals surface area contributed by atoms with Crippen molar-refractivity contribution in [3.05, 3.63) is 148 Å². The van der Waals surface area contributed by atoms with Crippen molar-refractivity contribution in [1.29, 1.82) is 0 Å². The number of thioether (sulfide) groups is 1. The Morgan fingerprint density at radius 2 is 1.19 bits per heavy atom. The molecule has 0 aromatic heterocycles. The predicted octanol–water partition coefficient (Wildman–Crippen LogP) is 7.81. The molecule has 0 fully saturated rings. The Morgan fingerprint density at radius 3 is 1.64 bits per heavy atom. The van der Waals surface area contributed by atoms with Gasteiger partial charge in [-0.3, -0.25) is 0 Å². The molecule has 0 saturated carbocycles. The van der Waals surface area contributed by atoms with Crippen LogP contribution in [0.5, 0.6) is 0 Å². The zero-order valence-corrected chi connectivity index (χ0v) is 25.4. The summed E-state index contributed by atoms with van der Waals surface area (Å²) >= 11 is 8.45. The molecule has 0 bridgehead atoms. The first-order chi connectivity index (χ1) is 20.0. The van der Waals surface area contributed by atoms with Gasteiger partial charge >= 0.3 is 5.51 Å². The molecule has 1 aliphatic carbocycles. The molecule has 0 aliphatic heterocycles. The average Bonchev–Trinajstić information content (AvgIpc) is 2.97. The fourth-order valence-electron chi connectivity index (χ4n) is 4.08. The second kappa shape index (κ2) is 14.4. The molecule has 10 heteroatoms. The number of halogens is 4. The largest absolute Gasteiger partial charge is 0.741 e. The lowest BCUT2D eigenvalue weighted by molar-refractivity contribution is -0.0517. The van der Waals surface area contributed by atoms with Gasteiger partial charge in [-0.25, -0.2) is 8.42 Å². The molecular weight excluding hydrogens is 620 g/mol. The molecule has 0 spiro atoms. The maximum absolute atomic E-state index is 10.7. The highest BCUT2D eigenvalue weighted by atomic mass is 35.5. The molecule has 4 aromatic rings. The van der Waals surface area contributed by atoms with E-state index in [0.717, 1.165) is 16.4 Å². The van der Waals surface area contributed by atoms with E-state index < -0.39 is 23.5 Å². The van der Waals surface area contributed by atoms with Crippen LogP contribution in [0, 0.1) is 0 Å². The fraction of sp³-hybridized carbons (Fsp3) is 0.0625. The molecule has 0 amide bonds. The van der Waals surface area contributed by atoms with Crippen LogP contribution in [-0.2, 0) is 10.1 Å². The van der Waals surface area contributed by atoms with Gasteiger partial charge in [0.1, 0.15) is 15.9 Å². The highest BCUT2D eigenvalue weighted by molar-refractivity contribution is 8.03. The third-order valence-electron chi connectivity index (χ3n) is 6.01. The van der Waals surface area contributed by atoms with E-state index in [4.69, 9.17) is 24.6 Å². The maximum Gasteiger partial charge on any atom is 0.485 e. The number of hydrogen-bond donors (Lipinski definition) is 0. The van der Waals surface area contributed by atoms with Crippen LogP contribution in [0.25, 0.3) is 6.08 Å². The number of allylic oxidation sites excluding steroid dienone is 4. The smallest absolute Gasteiger partial charge is 0.485 e. The van der Waals surface area contributed by atoms with Gasteiger partial charge in [0.25, 0.3) is 0 Å². The van der Waals surface area contributed by atoms with Crippen molar-refractivity contribution >= 4 is 63.4 Å². The van der Waals surface area contributed by atoms with E-state index in [1.165, 1.54) is 31.9 Å². The van der Waals surface area contributed by atoms with Crippen LogP contribution in [-0.4, -0.2) is 18.5 Å². The second-order valence-electron chi connectivity index (χ2n) is 9.04. The van der Waals surface area contributed by atoms with E-state index in [2.05, 4.69) is 127 Å². The standard InChI is InChI=1S/C31H24ClPS.CHF3O3S/c32-30-23-25(22-24-10-4-1-5-11-24)16-21-31(30)34-29-19-17-28(18-20-29)33(26-12-6-2-7-13-26)27-14-8-3-9-15-27;2-1(3,4)8(5,6)7/h1-22H,23H2;(H,5,6,7). The van der Waals surface area contributed by atoms with Gasteiger partial charge in [0.05, 0.1) is 7.92 Å². The Bertz CT molecular complexity index is 1630. The molecule has 3 nitrogen and oxygen atoms in total. The van der Waals surface area contributed by atoms with E-state index in [9.17, 15) is 13.2 Å². The van der Waals surface area contributed by atoms with Gasteiger partial charge in [-0.05, 0) is 65.7 Å². The first-order valence-corrected chi connectivity index (χ1v) is 16.7. The lowest BCUT2D eigenvalue weighted by atomic mass is 10.0. The molecule has 0 saturated heterocycles. The summed E-state index contributed by atoms with van der Waals surface area (Å²) in [7, 11) is -7.13. The first kappa shape index (κ1) is 31.8. The summed E-state index contributed by atoms with van der Waals surface area (Å²) in [4.78, 5) is 2.33. The highest BCUT2D eigenvalue weighted by Gasteiger charge is 2.37. The molecule has 4 aromatic carbocycles. The van der Waals surface area contributed by atoms with E-state index in [1.807, 2.05) is 6.07 Å². The van der Waals surface area contributed by atoms with Crippen LogP contribution < -0.4 is 15.9 Å². The summed E-state index contributed by atoms with van der Waals surface area (Å²) < 4.78 is 58.9. The number of hydrogen-bond acceptors (Lipinski definition) is 4. The topological polar surface area (TPSA) is 57.2 Å². The van der Waals surface area contributed by atoms with Gasteiger partial charge in [0, 0.05) is 21.3 Å². The van der Waals surface area contributed by atoms with Crippen LogP contribution in [0.2, 0.25) is 0 Å². The van der Waals surface area contributed by atoms with Crippen LogP contribution in [0.1, 0.15) is 12.0 Å². The molecule has 0 N–H and O–H groups in total. The second-order valence-corrected chi connectivity index (χ2v) is 14.5.